The molecule has 3 nitrogen and oxygen atoms in total. The number of nitrogens with zero attached hydrogens (tertiary/aromatic N) is 2. The second kappa shape index (κ2) is 5.47. The molecule has 0 amide bonds. The Kier molecular flexibility index (Phi) is 3.71. The molecule has 3 heterocycles. The molecule has 0 aromatic carbocycles. The number of thiophene rings is 1. The first-order valence-electron chi connectivity index (χ1n) is 7.04. The number of nitrogens with one attached hydrogen (secondary N) is 1. The van der Waals surface area contributed by atoms with Gasteiger partial charge in [-0.3, -0.25) is 0 Å². The number of hydrogen-bond acceptors (Lipinski definition) is 3. The van der Waals surface area contributed by atoms with Crippen molar-refractivity contribution in [3.63, 3.8) is 0 Å². The Labute approximate surface area is 118 Å². The zero-order valence-corrected chi connectivity index (χ0v) is 12.4. The van der Waals surface area contributed by atoms with Crippen LogP contribution >= 0.6 is 11.3 Å². The Balaban J connectivity index is 1.76. The van der Waals surface area contributed by atoms with E-state index in [2.05, 4.69) is 40.8 Å². The van der Waals surface area contributed by atoms with E-state index in [0.29, 0.717) is 12.1 Å². The topological polar surface area (TPSA) is 29.9 Å². The van der Waals surface area contributed by atoms with Crippen molar-refractivity contribution >= 4 is 11.3 Å². The van der Waals surface area contributed by atoms with Crippen LogP contribution in [0.4, 0.5) is 0 Å². The van der Waals surface area contributed by atoms with Gasteiger partial charge in [0.25, 0.3) is 0 Å². The van der Waals surface area contributed by atoms with E-state index in [-0.39, 0.29) is 0 Å². The Morgan fingerprint density at radius 3 is 3.11 bits per heavy atom. The van der Waals surface area contributed by atoms with Gasteiger partial charge in [-0.2, -0.15) is 0 Å². The maximum Gasteiger partial charge on any atom is 0.0951 e. The largest absolute Gasteiger partial charge is 0.330 e. The third kappa shape index (κ3) is 2.74. The lowest BCUT2D eigenvalue weighted by Gasteiger charge is -2.19. The Bertz CT molecular complexity index is 537. The molecule has 2 aromatic rings. The van der Waals surface area contributed by atoms with Crippen LogP contribution in [0.3, 0.4) is 0 Å². The van der Waals surface area contributed by atoms with Crippen molar-refractivity contribution in [1.29, 1.82) is 0 Å². The third-order valence-corrected chi connectivity index (χ3v) is 4.90. The summed E-state index contributed by atoms with van der Waals surface area (Å²) in [6.07, 6.45) is 7.61. The van der Waals surface area contributed by atoms with Crippen LogP contribution in [0, 0.1) is 6.92 Å². The summed E-state index contributed by atoms with van der Waals surface area (Å²) in [6, 6.07) is 5.43. The van der Waals surface area contributed by atoms with Crippen molar-refractivity contribution in [1.82, 2.24) is 14.9 Å². The lowest BCUT2D eigenvalue weighted by molar-refractivity contribution is 0.491. The van der Waals surface area contributed by atoms with Gasteiger partial charge in [0.05, 0.1) is 12.0 Å². The highest BCUT2D eigenvalue weighted by atomic mass is 32.1. The molecule has 0 aliphatic carbocycles. The standard InChI is InChI=1S/C15H21N3S/c1-11(8-13-6-5-12(2)19-13)18-10-16-9-15(18)14-4-3-7-17-14/h5-6,9-11,14,17H,3-4,7-8H2,1-2H3/t11?,14-/m0/s1. The van der Waals surface area contributed by atoms with Crippen LogP contribution < -0.4 is 5.32 Å². The summed E-state index contributed by atoms with van der Waals surface area (Å²) in [6.45, 7) is 5.59. The molecule has 1 N–H and O–H groups in total. The van der Waals surface area contributed by atoms with E-state index >= 15 is 0 Å². The van der Waals surface area contributed by atoms with E-state index < -0.39 is 0 Å². The van der Waals surface area contributed by atoms with Crippen LogP contribution in [0.1, 0.15) is 47.3 Å². The number of hydrogen-bond donors (Lipinski definition) is 1. The Morgan fingerprint density at radius 1 is 1.53 bits per heavy atom. The van der Waals surface area contributed by atoms with Crippen LogP contribution in [0.2, 0.25) is 0 Å². The summed E-state index contributed by atoms with van der Waals surface area (Å²) in [5, 5.41) is 3.56. The van der Waals surface area contributed by atoms with E-state index in [4.69, 9.17) is 0 Å². The quantitative estimate of drug-likeness (QED) is 0.926. The van der Waals surface area contributed by atoms with Crippen molar-refractivity contribution in [2.24, 2.45) is 0 Å². The molecule has 19 heavy (non-hydrogen) atoms. The van der Waals surface area contributed by atoms with Gasteiger partial charge in [-0.1, -0.05) is 0 Å². The number of rotatable bonds is 4. The number of imidazole rings is 1. The van der Waals surface area contributed by atoms with Gasteiger partial charge in [-0.25, -0.2) is 4.98 Å². The first-order chi connectivity index (χ1) is 9.24. The second-order valence-corrected chi connectivity index (χ2v) is 6.81. The molecular formula is C15H21N3S. The zero-order chi connectivity index (χ0) is 13.2. The van der Waals surface area contributed by atoms with Crippen LogP contribution in [0.5, 0.6) is 0 Å². The van der Waals surface area contributed by atoms with Gasteiger partial charge in [0.15, 0.2) is 0 Å². The van der Waals surface area contributed by atoms with E-state index in [9.17, 15) is 0 Å². The molecule has 0 spiro atoms. The van der Waals surface area contributed by atoms with Gasteiger partial charge in [-0.05, 0) is 45.4 Å². The van der Waals surface area contributed by atoms with Gasteiger partial charge >= 0.3 is 0 Å². The molecule has 2 aromatic heterocycles. The molecule has 0 radical (unpaired) electrons. The van der Waals surface area contributed by atoms with E-state index in [1.807, 2.05) is 23.9 Å². The lowest BCUT2D eigenvalue weighted by Crippen LogP contribution is -2.19. The van der Waals surface area contributed by atoms with Crippen molar-refractivity contribution < 1.29 is 0 Å². The zero-order valence-electron chi connectivity index (χ0n) is 11.6. The fraction of sp³-hybridized carbons (Fsp3) is 0.533. The van der Waals surface area contributed by atoms with Crippen LogP contribution in [0.25, 0.3) is 0 Å². The molecule has 0 saturated carbocycles. The SMILES string of the molecule is Cc1ccc(CC(C)n2cncc2[C@@H]2CCCN2)s1. The molecule has 3 rings (SSSR count). The first-order valence-corrected chi connectivity index (χ1v) is 7.86. The molecule has 0 bridgehead atoms. The lowest BCUT2D eigenvalue weighted by atomic mass is 10.1. The summed E-state index contributed by atoms with van der Waals surface area (Å²) >= 11 is 1.90. The molecule has 1 unspecified atom stereocenters. The van der Waals surface area contributed by atoms with E-state index in [0.717, 1.165) is 13.0 Å². The molecular weight excluding hydrogens is 254 g/mol. The highest BCUT2D eigenvalue weighted by molar-refractivity contribution is 7.11. The molecule has 4 heteroatoms. The van der Waals surface area contributed by atoms with Crippen molar-refractivity contribution in [2.75, 3.05) is 6.54 Å². The summed E-state index contributed by atoms with van der Waals surface area (Å²) in [5.74, 6) is 0. The summed E-state index contributed by atoms with van der Waals surface area (Å²) in [5.41, 5.74) is 1.35. The third-order valence-electron chi connectivity index (χ3n) is 3.88. The maximum absolute atomic E-state index is 4.36. The summed E-state index contributed by atoms with van der Waals surface area (Å²) < 4.78 is 2.35. The Morgan fingerprint density at radius 2 is 2.42 bits per heavy atom. The van der Waals surface area contributed by atoms with Gasteiger partial charge in [-0.15, -0.1) is 11.3 Å². The second-order valence-electron chi connectivity index (χ2n) is 5.44. The molecule has 1 aliphatic rings. The minimum Gasteiger partial charge on any atom is -0.330 e. The van der Waals surface area contributed by atoms with Gasteiger partial charge in [0, 0.05) is 34.5 Å². The highest BCUT2D eigenvalue weighted by Crippen LogP contribution is 2.27. The minimum atomic E-state index is 0.470. The van der Waals surface area contributed by atoms with Crippen molar-refractivity contribution in [2.45, 2.75) is 45.2 Å². The van der Waals surface area contributed by atoms with Gasteiger partial charge < -0.3 is 9.88 Å². The Hall–Kier alpha value is -1.13. The van der Waals surface area contributed by atoms with Gasteiger partial charge in [0.1, 0.15) is 0 Å². The molecule has 1 aliphatic heterocycles. The maximum atomic E-state index is 4.36. The molecule has 1 fully saturated rings. The van der Waals surface area contributed by atoms with Crippen LogP contribution in [-0.4, -0.2) is 16.1 Å². The average molecular weight is 275 g/mol. The summed E-state index contributed by atoms with van der Waals surface area (Å²) in [4.78, 5) is 7.22. The molecule has 102 valence electrons. The molecule has 1 saturated heterocycles. The summed E-state index contributed by atoms with van der Waals surface area (Å²) in [7, 11) is 0. The van der Waals surface area contributed by atoms with Crippen LogP contribution in [-0.2, 0) is 6.42 Å². The fourth-order valence-corrected chi connectivity index (χ4v) is 3.88. The number of aromatic nitrogens is 2. The van der Waals surface area contributed by atoms with Crippen LogP contribution in [0.15, 0.2) is 24.7 Å². The predicted molar refractivity (Wildman–Crippen MR) is 79.7 cm³/mol. The van der Waals surface area contributed by atoms with Gasteiger partial charge in [0.2, 0.25) is 0 Å². The minimum absolute atomic E-state index is 0.470. The average Bonchev–Trinajstić information content (AvgIpc) is 3.07. The van der Waals surface area contributed by atoms with E-state index in [1.165, 1.54) is 28.3 Å². The fourth-order valence-electron chi connectivity index (χ4n) is 2.87. The first kappa shape index (κ1) is 12.9. The van der Waals surface area contributed by atoms with E-state index in [1.54, 1.807) is 0 Å². The normalized spacial score (nSPS) is 20.8. The highest BCUT2D eigenvalue weighted by Gasteiger charge is 2.21. The monoisotopic (exact) mass is 275 g/mol. The van der Waals surface area contributed by atoms with Crippen molar-refractivity contribution in [3.05, 3.63) is 40.1 Å². The number of aryl methyl sites for hydroxylation is 1. The smallest absolute Gasteiger partial charge is 0.0951 e. The van der Waals surface area contributed by atoms with Crippen molar-refractivity contribution in [3.8, 4) is 0 Å². The predicted octanol–water partition coefficient (Wildman–Crippen LogP) is 3.48. The molecule has 2 atom stereocenters.